The summed E-state index contributed by atoms with van der Waals surface area (Å²) in [6, 6.07) is 16.9. The summed E-state index contributed by atoms with van der Waals surface area (Å²) in [6.45, 7) is 0.431. The lowest BCUT2D eigenvalue weighted by Gasteiger charge is -2.10. The second-order valence-corrected chi connectivity index (χ2v) is 5.72. The summed E-state index contributed by atoms with van der Waals surface area (Å²) in [5, 5.41) is 3.38. The highest BCUT2D eigenvalue weighted by atomic mass is 35.5. The molecule has 0 saturated heterocycles. The maximum absolute atomic E-state index is 12.3. The molecule has 0 fully saturated rings. The van der Waals surface area contributed by atoms with Crippen LogP contribution < -0.4 is 10.1 Å². The molecule has 1 heterocycles. The molecule has 4 nitrogen and oxygen atoms in total. The van der Waals surface area contributed by atoms with E-state index in [1.54, 1.807) is 18.2 Å². The molecule has 1 N–H and O–H groups in total. The third-order valence-corrected chi connectivity index (χ3v) is 3.93. The second kappa shape index (κ2) is 7.23. The summed E-state index contributed by atoms with van der Waals surface area (Å²) in [7, 11) is 1.53. The van der Waals surface area contributed by atoms with E-state index in [0.717, 1.165) is 11.3 Å². The maximum atomic E-state index is 12.3. The van der Waals surface area contributed by atoms with Crippen molar-refractivity contribution in [1.29, 1.82) is 0 Å². The number of amides is 1. The normalized spacial score (nSPS) is 10.4. The SMILES string of the molecule is COc1ccc(Cl)cc1C(=O)NCc1ccc(-n2cccc2)cc1. The number of nitrogens with zero attached hydrogens (tertiary/aromatic N) is 1. The molecule has 0 saturated carbocycles. The zero-order chi connectivity index (χ0) is 16.9. The van der Waals surface area contributed by atoms with E-state index in [1.165, 1.54) is 7.11 Å². The Morgan fingerprint density at radius 3 is 2.50 bits per heavy atom. The highest BCUT2D eigenvalue weighted by Gasteiger charge is 2.12. The number of halogens is 1. The van der Waals surface area contributed by atoms with E-state index in [0.29, 0.717) is 22.9 Å². The molecule has 1 amide bonds. The number of rotatable bonds is 5. The summed E-state index contributed by atoms with van der Waals surface area (Å²) in [5.74, 6) is 0.281. The fourth-order valence-electron chi connectivity index (χ4n) is 2.43. The largest absolute Gasteiger partial charge is 0.496 e. The van der Waals surface area contributed by atoms with Crippen molar-refractivity contribution < 1.29 is 9.53 Å². The summed E-state index contributed by atoms with van der Waals surface area (Å²) < 4.78 is 7.24. The van der Waals surface area contributed by atoms with Gasteiger partial charge < -0.3 is 14.6 Å². The highest BCUT2D eigenvalue weighted by Crippen LogP contribution is 2.22. The van der Waals surface area contributed by atoms with E-state index >= 15 is 0 Å². The van der Waals surface area contributed by atoms with Gasteiger partial charge in [-0.1, -0.05) is 23.7 Å². The van der Waals surface area contributed by atoms with Crippen LogP contribution in [0.25, 0.3) is 5.69 Å². The van der Waals surface area contributed by atoms with Gasteiger partial charge in [-0.25, -0.2) is 0 Å². The minimum absolute atomic E-state index is 0.219. The molecule has 0 aliphatic carbocycles. The Bertz CT molecular complexity index is 827. The molecule has 1 aromatic heterocycles. The van der Waals surface area contributed by atoms with Crippen molar-refractivity contribution in [3.63, 3.8) is 0 Å². The Morgan fingerprint density at radius 1 is 1.12 bits per heavy atom. The summed E-state index contributed by atoms with van der Waals surface area (Å²) in [4.78, 5) is 12.3. The molecule has 0 bridgehead atoms. The van der Waals surface area contributed by atoms with Crippen LogP contribution in [0.1, 0.15) is 15.9 Å². The van der Waals surface area contributed by atoms with Crippen LogP contribution in [0, 0.1) is 0 Å². The number of hydrogen-bond donors (Lipinski definition) is 1. The molecule has 0 unspecified atom stereocenters. The minimum atomic E-state index is -0.219. The fraction of sp³-hybridized carbons (Fsp3) is 0.105. The first kappa shape index (κ1) is 16.1. The molecule has 3 rings (SSSR count). The van der Waals surface area contributed by atoms with Crippen molar-refractivity contribution in [2.24, 2.45) is 0 Å². The lowest BCUT2D eigenvalue weighted by atomic mass is 10.1. The van der Waals surface area contributed by atoms with Gasteiger partial charge in [0.2, 0.25) is 0 Å². The third kappa shape index (κ3) is 3.60. The third-order valence-electron chi connectivity index (χ3n) is 3.70. The van der Waals surface area contributed by atoms with Gasteiger partial charge in [-0.05, 0) is 48.0 Å². The van der Waals surface area contributed by atoms with Gasteiger partial charge in [0.15, 0.2) is 0 Å². The second-order valence-electron chi connectivity index (χ2n) is 5.28. The van der Waals surface area contributed by atoms with Crippen molar-refractivity contribution in [3.8, 4) is 11.4 Å². The van der Waals surface area contributed by atoms with Crippen molar-refractivity contribution >= 4 is 17.5 Å². The molecule has 0 radical (unpaired) electrons. The minimum Gasteiger partial charge on any atom is -0.496 e. The Kier molecular flexibility index (Phi) is 4.87. The van der Waals surface area contributed by atoms with E-state index in [-0.39, 0.29) is 5.91 Å². The number of hydrogen-bond acceptors (Lipinski definition) is 2. The van der Waals surface area contributed by atoms with Crippen molar-refractivity contribution in [2.75, 3.05) is 7.11 Å². The number of aromatic nitrogens is 1. The number of benzene rings is 2. The molecule has 0 atom stereocenters. The summed E-state index contributed by atoms with van der Waals surface area (Å²) in [6.07, 6.45) is 3.98. The lowest BCUT2D eigenvalue weighted by Crippen LogP contribution is -2.23. The Morgan fingerprint density at radius 2 is 1.83 bits per heavy atom. The predicted octanol–water partition coefficient (Wildman–Crippen LogP) is 4.07. The van der Waals surface area contributed by atoms with Crippen LogP contribution in [0.2, 0.25) is 5.02 Å². The van der Waals surface area contributed by atoms with Crippen molar-refractivity contribution in [2.45, 2.75) is 6.54 Å². The van der Waals surface area contributed by atoms with Crippen LogP contribution in [0.15, 0.2) is 67.0 Å². The molecule has 0 spiro atoms. The van der Waals surface area contributed by atoms with E-state index < -0.39 is 0 Å². The van der Waals surface area contributed by atoms with Crippen molar-refractivity contribution in [1.82, 2.24) is 9.88 Å². The van der Waals surface area contributed by atoms with Crippen LogP contribution >= 0.6 is 11.6 Å². The van der Waals surface area contributed by atoms with E-state index in [9.17, 15) is 4.79 Å². The molecule has 3 aromatic rings. The fourth-order valence-corrected chi connectivity index (χ4v) is 2.60. The highest BCUT2D eigenvalue weighted by molar-refractivity contribution is 6.31. The summed E-state index contributed by atoms with van der Waals surface area (Å²) in [5.41, 5.74) is 2.51. The smallest absolute Gasteiger partial charge is 0.255 e. The average molecular weight is 341 g/mol. The van der Waals surface area contributed by atoms with Gasteiger partial charge in [0.05, 0.1) is 12.7 Å². The van der Waals surface area contributed by atoms with Crippen LogP contribution in [-0.4, -0.2) is 17.6 Å². The number of methoxy groups -OCH3 is 1. The van der Waals surface area contributed by atoms with Crippen LogP contribution in [-0.2, 0) is 6.54 Å². The standard InChI is InChI=1S/C19H17ClN2O2/c1-24-18-9-6-15(20)12-17(18)19(23)21-13-14-4-7-16(8-5-14)22-10-2-3-11-22/h2-12H,13H2,1H3,(H,21,23). The van der Waals surface area contributed by atoms with Gasteiger partial charge in [-0.3, -0.25) is 4.79 Å². The Labute approximate surface area is 145 Å². The molecule has 2 aromatic carbocycles. The van der Waals surface area contributed by atoms with Gasteiger partial charge in [0.1, 0.15) is 5.75 Å². The first-order chi connectivity index (χ1) is 11.7. The predicted molar refractivity (Wildman–Crippen MR) is 94.9 cm³/mol. The van der Waals surface area contributed by atoms with Crippen molar-refractivity contribution in [3.05, 3.63) is 83.1 Å². The summed E-state index contributed by atoms with van der Waals surface area (Å²) >= 11 is 5.96. The maximum Gasteiger partial charge on any atom is 0.255 e. The monoisotopic (exact) mass is 340 g/mol. The molecular weight excluding hydrogens is 324 g/mol. The molecule has 122 valence electrons. The molecular formula is C19H17ClN2O2. The van der Waals surface area contributed by atoms with Gasteiger partial charge in [-0.15, -0.1) is 0 Å². The average Bonchev–Trinajstić information content (AvgIpc) is 3.14. The van der Waals surface area contributed by atoms with Gasteiger partial charge in [-0.2, -0.15) is 0 Å². The van der Waals surface area contributed by atoms with E-state index in [4.69, 9.17) is 16.3 Å². The number of nitrogens with one attached hydrogen (secondary N) is 1. The van der Waals surface area contributed by atoms with Gasteiger partial charge in [0, 0.05) is 29.6 Å². The molecule has 5 heteroatoms. The molecule has 0 aliphatic heterocycles. The van der Waals surface area contributed by atoms with Gasteiger partial charge in [0.25, 0.3) is 5.91 Å². The number of ether oxygens (including phenoxy) is 1. The number of carbonyl (C=O) groups is 1. The van der Waals surface area contributed by atoms with Crippen LogP contribution in [0.4, 0.5) is 0 Å². The van der Waals surface area contributed by atoms with Crippen LogP contribution in [0.5, 0.6) is 5.75 Å². The van der Waals surface area contributed by atoms with E-state index in [2.05, 4.69) is 5.32 Å². The topological polar surface area (TPSA) is 43.3 Å². The van der Waals surface area contributed by atoms with E-state index in [1.807, 2.05) is 53.4 Å². The van der Waals surface area contributed by atoms with Crippen LogP contribution in [0.3, 0.4) is 0 Å². The zero-order valence-electron chi connectivity index (χ0n) is 13.2. The lowest BCUT2D eigenvalue weighted by molar-refractivity contribution is 0.0948. The quantitative estimate of drug-likeness (QED) is 0.760. The first-order valence-corrected chi connectivity index (χ1v) is 7.89. The molecule has 24 heavy (non-hydrogen) atoms. The Balaban J connectivity index is 1.67. The Hall–Kier alpha value is -2.72. The first-order valence-electron chi connectivity index (χ1n) is 7.51. The number of carbonyl (C=O) groups excluding carboxylic acids is 1. The molecule has 0 aliphatic rings. The van der Waals surface area contributed by atoms with Gasteiger partial charge >= 0.3 is 0 Å². The zero-order valence-corrected chi connectivity index (χ0v) is 14.0.